The van der Waals surface area contributed by atoms with E-state index in [1.807, 2.05) is 0 Å². The number of rotatable bonds is 3. The molecule has 0 aliphatic rings. The summed E-state index contributed by atoms with van der Waals surface area (Å²) in [4.78, 5) is 20.0. The highest BCUT2D eigenvalue weighted by molar-refractivity contribution is 8.14. The highest BCUT2D eigenvalue weighted by atomic mass is 32.2. The molecule has 0 unspecified atom stereocenters. The largest absolute Gasteiger partial charge is 0.302 e. The number of aldehydes is 1. The Morgan fingerprint density at radius 3 is 2.75 bits per heavy atom. The van der Waals surface area contributed by atoms with Crippen molar-refractivity contribution >= 4 is 23.2 Å². The SMILES string of the molecule is CCC(=O)SCC=O. The van der Waals surface area contributed by atoms with Crippen molar-refractivity contribution in [1.29, 1.82) is 0 Å². The van der Waals surface area contributed by atoms with E-state index in [0.29, 0.717) is 12.2 Å². The van der Waals surface area contributed by atoms with Gasteiger partial charge in [-0.3, -0.25) is 4.79 Å². The van der Waals surface area contributed by atoms with E-state index in [0.717, 1.165) is 18.0 Å². The van der Waals surface area contributed by atoms with Crippen LogP contribution in [-0.2, 0) is 9.59 Å². The van der Waals surface area contributed by atoms with Crippen LogP contribution in [0.4, 0.5) is 0 Å². The molecule has 0 bridgehead atoms. The summed E-state index contributed by atoms with van der Waals surface area (Å²) in [7, 11) is 0. The lowest BCUT2D eigenvalue weighted by Gasteiger charge is -1.86. The van der Waals surface area contributed by atoms with Crippen LogP contribution < -0.4 is 0 Å². The number of thioether (sulfide) groups is 1. The minimum atomic E-state index is 0.0806. The van der Waals surface area contributed by atoms with E-state index in [-0.39, 0.29) is 5.12 Å². The van der Waals surface area contributed by atoms with E-state index in [1.165, 1.54) is 0 Å². The number of carbonyl (C=O) groups excluding carboxylic acids is 2. The lowest BCUT2D eigenvalue weighted by molar-refractivity contribution is -0.111. The second-order valence-corrected chi connectivity index (χ2v) is 2.28. The fourth-order valence-corrected chi connectivity index (χ4v) is 0.687. The van der Waals surface area contributed by atoms with Crippen LogP contribution in [0.2, 0.25) is 0 Å². The molecule has 0 atom stereocenters. The van der Waals surface area contributed by atoms with Crippen molar-refractivity contribution in [1.82, 2.24) is 0 Å². The Bertz CT molecular complexity index is 90.4. The number of hydrogen-bond acceptors (Lipinski definition) is 3. The van der Waals surface area contributed by atoms with Crippen LogP contribution in [-0.4, -0.2) is 17.2 Å². The zero-order valence-electron chi connectivity index (χ0n) is 4.72. The quantitative estimate of drug-likeness (QED) is 0.534. The summed E-state index contributed by atoms with van der Waals surface area (Å²) in [5.74, 6) is 0.298. The van der Waals surface area contributed by atoms with Gasteiger partial charge in [0.25, 0.3) is 0 Å². The van der Waals surface area contributed by atoms with Crippen LogP contribution in [0, 0.1) is 0 Å². The van der Waals surface area contributed by atoms with Gasteiger partial charge in [-0.05, 0) is 0 Å². The predicted octanol–water partition coefficient (Wildman–Crippen LogP) is 0.855. The third-order valence-electron chi connectivity index (χ3n) is 0.601. The van der Waals surface area contributed by atoms with Gasteiger partial charge < -0.3 is 4.79 Å². The van der Waals surface area contributed by atoms with Crippen LogP contribution in [0.5, 0.6) is 0 Å². The Kier molecular flexibility index (Phi) is 4.65. The molecule has 0 aromatic heterocycles. The third kappa shape index (κ3) is 3.87. The molecule has 0 radical (unpaired) electrons. The van der Waals surface area contributed by atoms with Gasteiger partial charge in [-0.2, -0.15) is 0 Å². The molecule has 0 aromatic carbocycles. The second kappa shape index (κ2) is 4.84. The van der Waals surface area contributed by atoms with Gasteiger partial charge in [0.1, 0.15) is 6.29 Å². The Morgan fingerprint density at radius 1 is 1.75 bits per heavy atom. The van der Waals surface area contributed by atoms with Crippen LogP contribution in [0.15, 0.2) is 0 Å². The molecule has 0 N–H and O–H groups in total. The van der Waals surface area contributed by atoms with Gasteiger partial charge in [0.15, 0.2) is 5.12 Å². The summed E-state index contributed by atoms with van der Waals surface area (Å²) in [5.41, 5.74) is 0. The summed E-state index contributed by atoms with van der Waals surface area (Å²) in [6, 6.07) is 0. The molecule has 0 saturated heterocycles. The average Bonchev–Trinajstić information content (AvgIpc) is 1.83. The molecule has 46 valence electrons. The second-order valence-electron chi connectivity index (χ2n) is 1.20. The summed E-state index contributed by atoms with van der Waals surface area (Å²) in [6.07, 6.45) is 1.25. The maximum absolute atomic E-state index is 10.4. The molecule has 2 nitrogen and oxygen atoms in total. The third-order valence-corrected chi connectivity index (χ3v) is 1.51. The molecule has 3 heteroatoms. The molecule has 8 heavy (non-hydrogen) atoms. The molecular formula is C5H8O2S. The van der Waals surface area contributed by atoms with Gasteiger partial charge >= 0.3 is 0 Å². The first-order valence-corrected chi connectivity index (χ1v) is 3.39. The maximum Gasteiger partial charge on any atom is 0.189 e. The van der Waals surface area contributed by atoms with Gasteiger partial charge in [-0.25, -0.2) is 0 Å². The van der Waals surface area contributed by atoms with Crippen molar-refractivity contribution in [2.45, 2.75) is 13.3 Å². The zero-order chi connectivity index (χ0) is 6.41. The van der Waals surface area contributed by atoms with E-state index in [1.54, 1.807) is 6.92 Å². The smallest absolute Gasteiger partial charge is 0.189 e. The lowest BCUT2D eigenvalue weighted by atomic mass is 10.6. The highest BCUT2D eigenvalue weighted by Crippen LogP contribution is 2.01. The Labute approximate surface area is 52.6 Å². The van der Waals surface area contributed by atoms with E-state index in [9.17, 15) is 9.59 Å². The average molecular weight is 132 g/mol. The van der Waals surface area contributed by atoms with Crippen molar-refractivity contribution in [2.24, 2.45) is 0 Å². The minimum absolute atomic E-state index is 0.0806. The first-order valence-electron chi connectivity index (χ1n) is 2.40. The predicted molar refractivity (Wildman–Crippen MR) is 33.8 cm³/mol. The monoisotopic (exact) mass is 132 g/mol. The number of carbonyl (C=O) groups is 2. The summed E-state index contributed by atoms with van der Waals surface area (Å²) in [5, 5.41) is 0.0806. The van der Waals surface area contributed by atoms with Crippen molar-refractivity contribution in [3.63, 3.8) is 0 Å². The molecule has 0 spiro atoms. The van der Waals surface area contributed by atoms with Gasteiger partial charge in [0.05, 0.1) is 5.75 Å². The van der Waals surface area contributed by atoms with E-state index < -0.39 is 0 Å². The van der Waals surface area contributed by atoms with Gasteiger partial charge in [0, 0.05) is 6.42 Å². The molecule has 0 aliphatic carbocycles. The maximum atomic E-state index is 10.4. The standard InChI is InChI=1S/C5H8O2S/c1-2-5(7)8-4-3-6/h3H,2,4H2,1H3. The molecule has 0 aliphatic heterocycles. The van der Waals surface area contributed by atoms with Crippen molar-refractivity contribution in [2.75, 3.05) is 5.75 Å². The summed E-state index contributed by atoms with van der Waals surface area (Å²) >= 11 is 1.07. The molecule has 0 rings (SSSR count). The van der Waals surface area contributed by atoms with Crippen molar-refractivity contribution in [3.8, 4) is 0 Å². The van der Waals surface area contributed by atoms with E-state index >= 15 is 0 Å². The molecule has 0 amide bonds. The first-order chi connectivity index (χ1) is 3.81. The van der Waals surface area contributed by atoms with Crippen LogP contribution in [0.25, 0.3) is 0 Å². The van der Waals surface area contributed by atoms with Crippen molar-refractivity contribution in [3.05, 3.63) is 0 Å². The van der Waals surface area contributed by atoms with Gasteiger partial charge in [-0.1, -0.05) is 18.7 Å². The molecule has 0 heterocycles. The Morgan fingerprint density at radius 2 is 2.38 bits per heavy atom. The molecular weight excluding hydrogens is 124 g/mol. The fourth-order valence-electron chi connectivity index (χ4n) is 0.229. The highest BCUT2D eigenvalue weighted by Gasteiger charge is 1.94. The Balaban J connectivity index is 3.11. The zero-order valence-corrected chi connectivity index (χ0v) is 5.53. The van der Waals surface area contributed by atoms with Crippen LogP contribution >= 0.6 is 11.8 Å². The lowest BCUT2D eigenvalue weighted by Crippen LogP contribution is -1.89. The minimum Gasteiger partial charge on any atom is -0.302 e. The van der Waals surface area contributed by atoms with E-state index in [4.69, 9.17) is 0 Å². The molecule has 0 fully saturated rings. The van der Waals surface area contributed by atoms with Gasteiger partial charge in [0.2, 0.25) is 0 Å². The first kappa shape index (κ1) is 7.69. The molecule has 0 saturated carbocycles. The van der Waals surface area contributed by atoms with E-state index in [2.05, 4.69) is 0 Å². The normalized spacial score (nSPS) is 8.62. The van der Waals surface area contributed by atoms with Crippen molar-refractivity contribution < 1.29 is 9.59 Å². The van der Waals surface area contributed by atoms with Crippen LogP contribution in [0.1, 0.15) is 13.3 Å². The van der Waals surface area contributed by atoms with Gasteiger partial charge in [-0.15, -0.1) is 0 Å². The topological polar surface area (TPSA) is 34.1 Å². The molecule has 0 aromatic rings. The Hall–Kier alpha value is -0.310. The van der Waals surface area contributed by atoms with Crippen LogP contribution in [0.3, 0.4) is 0 Å². The summed E-state index contributed by atoms with van der Waals surface area (Å²) < 4.78 is 0. The number of hydrogen-bond donors (Lipinski definition) is 0. The fraction of sp³-hybridized carbons (Fsp3) is 0.600. The summed E-state index contributed by atoms with van der Waals surface area (Å²) in [6.45, 7) is 1.78.